The summed E-state index contributed by atoms with van der Waals surface area (Å²) >= 11 is 18.6. The predicted octanol–water partition coefficient (Wildman–Crippen LogP) is 5.66. The molecule has 21 heavy (non-hydrogen) atoms. The van der Waals surface area contributed by atoms with Gasteiger partial charge in [-0.1, -0.05) is 34.8 Å². The first-order chi connectivity index (χ1) is 10.1. The molecule has 0 saturated carbocycles. The van der Waals surface area contributed by atoms with Crippen LogP contribution in [0, 0.1) is 0 Å². The molecule has 1 aromatic heterocycles. The summed E-state index contributed by atoms with van der Waals surface area (Å²) in [5.41, 5.74) is 1.90. The van der Waals surface area contributed by atoms with E-state index < -0.39 is 0 Å². The molecule has 0 amide bonds. The molecule has 5 heteroatoms. The highest BCUT2D eigenvalue weighted by molar-refractivity contribution is 6.44. The molecule has 108 valence electrons. The van der Waals surface area contributed by atoms with Crippen LogP contribution in [-0.2, 0) is 6.54 Å². The van der Waals surface area contributed by atoms with Gasteiger partial charge in [-0.15, -0.1) is 0 Å². The van der Waals surface area contributed by atoms with Gasteiger partial charge in [0.05, 0.1) is 23.7 Å². The van der Waals surface area contributed by atoms with Crippen LogP contribution >= 0.6 is 34.8 Å². The molecule has 0 spiro atoms. The lowest BCUT2D eigenvalue weighted by atomic mass is 10.2. The molecule has 3 rings (SSSR count). The number of rotatable bonds is 3. The van der Waals surface area contributed by atoms with E-state index in [1.807, 2.05) is 30.5 Å². The van der Waals surface area contributed by atoms with Gasteiger partial charge < -0.3 is 9.30 Å². The molecule has 0 radical (unpaired) electrons. The Morgan fingerprint density at radius 1 is 1.00 bits per heavy atom. The third kappa shape index (κ3) is 2.71. The number of halogens is 3. The topological polar surface area (TPSA) is 14.2 Å². The fourth-order valence-corrected chi connectivity index (χ4v) is 2.99. The van der Waals surface area contributed by atoms with Crippen LogP contribution in [0.3, 0.4) is 0 Å². The largest absolute Gasteiger partial charge is 0.497 e. The zero-order valence-electron chi connectivity index (χ0n) is 11.2. The lowest BCUT2D eigenvalue weighted by molar-refractivity contribution is 0.415. The van der Waals surface area contributed by atoms with Crippen molar-refractivity contribution in [3.8, 4) is 5.75 Å². The minimum absolute atomic E-state index is 0.500. The summed E-state index contributed by atoms with van der Waals surface area (Å²) in [4.78, 5) is 0. The maximum atomic E-state index is 6.26. The second kappa shape index (κ2) is 5.80. The SMILES string of the molecule is COc1ccc2c(ccn2Cc2c(Cl)ccc(Cl)c2Cl)c1. The van der Waals surface area contributed by atoms with Gasteiger partial charge in [-0.25, -0.2) is 0 Å². The number of hydrogen-bond donors (Lipinski definition) is 0. The summed E-state index contributed by atoms with van der Waals surface area (Å²) < 4.78 is 7.32. The zero-order valence-corrected chi connectivity index (χ0v) is 13.5. The van der Waals surface area contributed by atoms with Crippen LogP contribution in [0.2, 0.25) is 15.1 Å². The van der Waals surface area contributed by atoms with Crippen molar-refractivity contribution in [2.45, 2.75) is 6.54 Å². The number of ether oxygens (including phenoxy) is 1. The maximum absolute atomic E-state index is 6.26. The van der Waals surface area contributed by atoms with Crippen molar-refractivity contribution in [1.82, 2.24) is 4.57 Å². The smallest absolute Gasteiger partial charge is 0.119 e. The second-order valence-corrected chi connectivity index (χ2v) is 5.88. The molecule has 2 aromatic carbocycles. The fourth-order valence-electron chi connectivity index (χ4n) is 2.33. The van der Waals surface area contributed by atoms with Crippen LogP contribution in [0.25, 0.3) is 10.9 Å². The Morgan fingerprint density at radius 2 is 1.76 bits per heavy atom. The lowest BCUT2D eigenvalue weighted by Gasteiger charge is -2.11. The van der Waals surface area contributed by atoms with E-state index in [1.54, 1.807) is 19.2 Å². The minimum Gasteiger partial charge on any atom is -0.497 e. The van der Waals surface area contributed by atoms with Crippen LogP contribution < -0.4 is 4.74 Å². The van der Waals surface area contributed by atoms with Crippen molar-refractivity contribution in [2.24, 2.45) is 0 Å². The molecule has 0 aliphatic carbocycles. The van der Waals surface area contributed by atoms with E-state index in [9.17, 15) is 0 Å². The van der Waals surface area contributed by atoms with E-state index in [0.717, 1.165) is 22.2 Å². The molecule has 0 unspecified atom stereocenters. The van der Waals surface area contributed by atoms with Crippen LogP contribution in [0.1, 0.15) is 5.56 Å². The van der Waals surface area contributed by atoms with Crippen molar-refractivity contribution >= 4 is 45.7 Å². The summed E-state index contributed by atoms with van der Waals surface area (Å²) in [6, 6.07) is 11.4. The van der Waals surface area contributed by atoms with E-state index in [1.165, 1.54) is 0 Å². The number of nitrogens with zero attached hydrogens (tertiary/aromatic N) is 1. The molecule has 0 aliphatic rings. The molecule has 0 fully saturated rings. The summed E-state index contributed by atoms with van der Waals surface area (Å²) in [6.45, 7) is 0.564. The number of aromatic nitrogens is 1. The molecule has 0 N–H and O–H groups in total. The summed E-state index contributed by atoms with van der Waals surface area (Å²) in [7, 11) is 1.66. The quantitative estimate of drug-likeness (QED) is 0.561. The van der Waals surface area contributed by atoms with Crippen LogP contribution in [0.5, 0.6) is 5.75 Å². The average Bonchev–Trinajstić information content (AvgIpc) is 2.89. The molecule has 1 heterocycles. The minimum atomic E-state index is 0.500. The summed E-state index contributed by atoms with van der Waals surface area (Å²) in [5.74, 6) is 0.832. The molecule has 3 aromatic rings. The Bertz CT molecular complexity index is 811. The first kappa shape index (κ1) is 14.6. The lowest BCUT2D eigenvalue weighted by Crippen LogP contribution is -2.00. The Balaban J connectivity index is 2.05. The van der Waals surface area contributed by atoms with Crippen molar-refractivity contribution in [3.63, 3.8) is 0 Å². The highest BCUT2D eigenvalue weighted by atomic mass is 35.5. The van der Waals surface area contributed by atoms with E-state index in [0.29, 0.717) is 21.6 Å². The van der Waals surface area contributed by atoms with Gasteiger partial charge in [0, 0.05) is 27.7 Å². The fraction of sp³-hybridized carbons (Fsp3) is 0.125. The Morgan fingerprint density at radius 3 is 2.52 bits per heavy atom. The van der Waals surface area contributed by atoms with Crippen molar-refractivity contribution in [1.29, 1.82) is 0 Å². The second-order valence-electron chi connectivity index (χ2n) is 4.69. The summed E-state index contributed by atoms with van der Waals surface area (Å²) in [6.07, 6.45) is 2.00. The van der Waals surface area contributed by atoms with Gasteiger partial charge in [0.1, 0.15) is 5.75 Å². The summed E-state index contributed by atoms with van der Waals surface area (Å²) in [5, 5.41) is 2.72. The number of methoxy groups -OCH3 is 1. The van der Waals surface area contributed by atoms with Crippen molar-refractivity contribution < 1.29 is 4.74 Å². The first-order valence-electron chi connectivity index (χ1n) is 6.35. The van der Waals surface area contributed by atoms with Crippen molar-refractivity contribution in [3.05, 3.63) is 63.2 Å². The third-order valence-corrected chi connectivity index (χ3v) is 4.64. The van der Waals surface area contributed by atoms with Gasteiger partial charge in [-0.05, 0) is 36.4 Å². The molecule has 2 nitrogen and oxygen atoms in total. The van der Waals surface area contributed by atoms with Crippen LogP contribution in [0.15, 0.2) is 42.6 Å². The zero-order chi connectivity index (χ0) is 15.0. The number of benzene rings is 2. The Hall–Kier alpha value is -1.35. The van der Waals surface area contributed by atoms with E-state index in [4.69, 9.17) is 39.5 Å². The normalized spacial score (nSPS) is 11.0. The van der Waals surface area contributed by atoms with Gasteiger partial charge in [-0.3, -0.25) is 0 Å². The third-order valence-electron chi connectivity index (χ3n) is 3.45. The Labute approximate surface area is 137 Å². The maximum Gasteiger partial charge on any atom is 0.119 e. The highest BCUT2D eigenvalue weighted by Gasteiger charge is 2.11. The molecule has 0 bridgehead atoms. The van der Waals surface area contributed by atoms with Crippen LogP contribution in [0.4, 0.5) is 0 Å². The van der Waals surface area contributed by atoms with E-state index in [-0.39, 0.29) is 0 Å². The predicted molar refractivity (Wildman–Crippen MR) is 89.1 cm³/mol. The molecule has 0 atom stereocenters. The highest BCUT2D eigenvalue weighted by Crippen LogP contribution is 2.33. The Kier molecular flexibility index (Phi) is 4.03. The average molecular weight is 341 g/mol. The molecule has 0 aliphatic heterocycles. The van der Waals surface area contributed by atoms with E-state index in [2.05, 4.69) is 4.57 Å². The van der Waals surface area contributed by atoms with Gasteiger partial charge in [0.25, 0.3) is 0 Å². The van der Waals surface area contributed by atoms with Gasteiger partial charge >= 0.3 is 0 Å². The molecular weight excluding hydrogens is 329 g/mol. The van der Waals surface area contributed by atoms with E-state index >= 15 is 0 Å². The monoisotopic (exact) mass is 339 g/mol. The number of fused-ring (bicyclic) bond motifs is 1. The standard InChI is InChI=1S/C16H12Cl3NO/c1-21-11-2-5-15-10(8-11)6-7-20(15)9-12-13(17)3-4-14(18)16(12)19/h2-8H,9H2,1H3. The molecule has 0 saturated heterocycles. The van der Waals surface area contributed by atoms with Gasteiger partial charge in [0.15, 0.2) is 0 Å². The van der Waals surface area contributed by atoms with Gasteiger partial charge in [-0.2, -0.15) is 0 Å². The van der Waals surface area contributed by atoms with Crippen molar-refractivity contribution in [2.75, 3.05) is 7.11 Å². The number of hydrogen-bond acceptors (Lipinski definition) is 1. The van der Waals surface area contributed by atoms with Crippen LogP contribution in [-0.4, -0.2) is 11.7 Å². The molecular formula is C16H12Cl3NO. The first-order valence-corrected chi connectivity index (χ1v) is 7.49. The van der Waals surface area contributed by atoms with Gasteiger partial charge in [0.2, 0.25) is 0 Å².